The molecule has 0 bridgehead atoms. The Morgan fingerprint density at radius 1 is 1.28 bits per heavy atom. The van der Waals surface area contributed by atoms with Crippen LogP contribution in [0.15, 0.2) is 0 Å². The van der Waals surface area contributed by atoms with Crippen molar-refractivity contribution in [1.82, 2.24) is 10.8 Å². The standard InChI is InChI=1S/C9H24N3O4P.Na.H/c1-2-3-4-9-15-17(13,14)16-12-8-7-11-6-5-10;;/h11-12H,2-10H2,1H3,(H,13,14);;. The first-order valence-electron chi connectivity index (χ1n) is 5.92. The average Bonchev–Trinajstić information content (AvgIpc) is 2.29. The molecule has 0 radical (unpaired) electrons. The van der Waals surface area contributed by atoms with E-state index in [0.717, 1.165) is 19.3 Å². The quantitative estimate of drug-likeness (QED) is 0.170. The molecule has 0 aliphatic carbocycles. The number of phosphoric acid groups is 1. The molecule has 7 nitrogen and oxygen atoms in total. The van der Waals surface area contributed by atoms with Crippen LogP contribution in [-0.2, 0) is 13.7 Å². The van der Waals surface area contributed by atoms with Crippen molar-refractivity contribution in [2.75, 3.05) is 32.8 Å². The molecule has 0 amide bonds. The molecule has 0 rings (SSSR count). The molecule has 9 heteroatoms. The van der Waals surface area contributed by atoms with Gasteiger partial charge in [0.1, 0.15) is 0 Å². The van der Waals surface area contributed by atoms with E-state index in [1.54, 1.807) is 0 Å². The second-order valence-electron chi connectivity index (χ2n) is 3.53. The van der Waals surface area contributed by atoms with Crippen LogP contribution in [0.5, 0.6) is 0 Å². The van der Waals surface area contributed by atoms with E-state index in [2.05, 4.69) is 15.4 Å². The third-order valence-electron chi connectivity index (χ3n) is 1.91. The Kier molecular flexibility index (Phi) is 17.0. The van der Waals surface area contributed by atoms with Crippen LogP contribution < -0.4 is 16.5 Å². The molecule has 106 valence electrons. The summed E-state index contributed by atoms with van der Waals surface area (Å²) < 4.78 is 20.6. The molecule has 0 aromatic rings. The Hall–Kier alpha value is 0.990. The molecule has 0 fully saturated rings. The van der Waals surface area contributed by atoms with Gasteiger partial charge in [0.15, 0.2) is 0 Å². The van der Waals surface area contributed by atoms with E-state index in [4.69, 9.17) is 10.3 Å². The zero-order valence-corrected chi connectivity index (χ0v) is 11.2. The number of unbranched alkanes of at least 4 members (excludes halogenated alkanes) is 2. The van der Waals surface area contributed by atoms with E-state index in [0.29, 0.717) is 26.2 Å². The molecule has 0 spiro atoms. The van der Waals surface area contributed by atoms with Gasteiger partial charge in [0.25, 0.3) is 0 Å². The Labute approximate surface area is 131 Å². The van der Waals surface area contributed by atoms with E-state index < -0.39 is 7.82 Å². The van der Waals surface area contributed by atoms with Gasteiger partial charge in [-0.15, -0.1) is 0 Å². The number of hydroxylamine groups is 1. The van der Waals surface area contributed by atoms with Crippen LogP contribution in [0.1, 0.15) is 26.2 Å². The maximum atomic E-state index is 11.3. The Morgan fingerprint density at radius 2 is 2.00 bits per heavy atom. The fraction of sp³-hybridized carbons (Fsp3) is 1.00. The predicted molar refractivity (Wildman–Crippen MR) is 73.5 cm³/mol. The molecule has 0 saturated carbocycles. The van der Waals surface area contributed by atoms with E-state index in [9.17, 15) is 9.46 Å². The van der Waals surface area contributed by atoms with Gasteiger partial charge in [-0.05, 0) is 6.42 Å². The molecule has 0 aromatic heterocycles. The van der Waals surface area contributed by atoms with Crippen LogP contribution >= 0.6 is 7.82 Å². The van der Waals surface area contributed by atoms with Gasteiger partial charge in [0, 0.05) is 26.2 Å². The monoisotopic (exact) mass is 293 g/mol. The van der Waals surface area contributed by atoms with Crippen molar-refractivity contribution < 1.29 is 18.6 Å². The van der Waals surface area contributed by atoms with Crippen LogP contribution in [0.4, 0.5) is 0 Å². The van der Waals surface area contributed by atoms with E-state index in [-0.39, 0.29) is 36.2 Å². The fourth-order valence-corrected chi connectivity index (χ4v) is 1.72. The third kappa shape index (κ3) is 15.0. The normalized spacial score (nSPS) is 13.9. The summed E-state index contributed by atoms with van der Waals surface area (Å²) in [5.74, 6) is 0. The number of hydrogen-bond donors (Lipinski definition) is 4. The minimum absolute atomic E-state index is 0. The predicted octanol–water partition coefficient (Wildman–Crippen LogP) is -0.285. The number of hydrogen-bond acceptors (Lipinski definition) is 6. The van der Waals surface area contributed by atoms with Gasteiger partial charge < -0.3 is 15.9 Å². The van der Waals surface area contributed by atoms with Crippen LogP contribution in [0.3, 0.4) is 0 Å². The first-order chi connectivity index (χ1) is 8.12. The number of phosphoric ester groups is 1. The molecule has 0 aliphatic heterocycles. The molecule has 5 N–H and O–H groups in total. The molecule has 18 heavy (non-hydrogen) atoms. The van der Waals surface area contributed by atoms with Crippen LogP contribution in [-0.4, -0.2) is 67.2 Å². The number of rotatable bonds is 12. The van der Waals surface area contributed by atoms with Gasteiger partial charge in [-0.3, -0.25) is 4.52 Å². The second-order valence-corrected chi connectivity index (χ2v) is 4.91. The van der Waals surface area contributed by atoms with Gasteiger partial charge in [0.2, 0.25) is 0 Å². The number of nitrogens with one attached hydrogen (secondary N) is 2. The molecular formula is C9H25N3NaO4P. The first kappa shape index (κ1) is 21.3. The maximum absolute atomic E-state index is 11.3. The summed E-state index contributed by atoms with van der Waals surface area (Å²) in [6, 6.07) is 0. The van der Waals surface area contributed by atoms with E-state index in [1.807, 2.05) is 6.92 Å². The molecular weight excluding hydrogens is 268 g/mol. The van der Waals surface area contributed by atoms with Crippen molar-refractivity contribution in [3.63, 3.8) is 0 Å². The molecule has 0 saturated heterocycles. The second kappa shape index (κ2) is 14.4. The van der Waals surface area contributed by atoms with Crippen molar-refractivity contribution >= 4 is 37.4 Å². The summed E-state index contributed by atoms with van der Waals surface area (Å²) in [5, 5.41) is 3.00. The van der Waals surface area contributed by atoms with Crippen molar-refractivity contribution in [3.05, 3.63) is 0 Å². The summed E-state index contributed by atoms with van der Waals surface area (Å²) in [5.41, 5.74) is 7.66. The summed E-state index contributed by atoms with van der Waals surface area (Å²) >= 11 is 0. The Bertz CT molecular complexity index is 224. The third-order valence-corrected chi connectivity index (χ3v) is 2.78. The summed E-state index contributed by atoms with van der Waals surface area (Å²) in [6.07, 6.45) is 2.75. The van der Waals surface area contributed by atoms with Crippen molar-refractivity contribution in [1.29, 1.82) is 0 Å². The minimum atomic E-state index is -3.95. The van der Waals surface area contributed by atoms with Gasteiger partial charge in [-0.1, -0.05) is 19.8 Å². The van der Waals surface area contributed by atoms with E-state index in [1.165, 1.54) is 0 Å². The van der Waals surface area contributed by atoms with Crippen molar-refractivity contribution in [2.24, 2.45) is 5.73 Å². The molecule has 1 unspecified atom stereocenters. The van der Waals surface area contributed by atoms with Crippen molar-refractivity contribution in [3.8, 4) is 0 Å². The zero-order chi connectivity index (χ0) is 13.0. The summed E-state index contributed by atoms with van der Waals surface area (Å²) in [6.45, 7) is 4.54. The summed E-state index contributed by atoms with van der Waals surface area (Å²) in [4.78, 5) is 9.22. The first-order valence-corrected chi connectivity index (χ1v) is 7.41. The zero-order valence-electron chi connectivity index (χ0n) is 10.4. The molecule has 0 aromatic carbocycles. The fourth-order valence-electron chi connectivity index (χ4n) is 1.05. The van der Waals surface area contributed by atoms with Crippen molar-refractivity contribution in [2.45, 2.75) is 26.2 Å². The summed E-state index contributed by atoms with van der Waals surface area (Å²) in [7, 11) is -3.95. The van der Waals surface area contributed by atoms with Gasteiger partial charge in [-0.2, -0.15) is 10.1 Å². The average molecular weight is 293 g/mol. The van der Waals surface area contributed by atoms with E-state index >= 15 is 0 Å². The van der Waals surface area contributed by atoms with Gasteiger partial charge >= 0.3 is 37.4 Å². The van der Waals surface area contributed by atoms with Crippen LogP contribution in [0.25, 0.3) is 0 Å². The number of nitrogens with two attached hydrogens (primary N) is 1. The Balaban J connectivity index is 0. The molecule has 0 aliphatic rings. The topological polar surface area (TPSA) is 106 Å². The van der Waals surface area contributed by atoms with Crippen LogP contribution in [0, 0.1) is 0 Å². The Morgan fingerprint density at radius 3 is 2.61 bits per heavy atom. The van der Waals surface area contributed by atoms with Gasteiger partial charge in [0.05, 0.1) is 6.61 Å². The molecule has 0 heterocycles. The SMILES string of the molecule is CCCCCOP(=O)(O)ONCCNCCN.[NaH]. The van der Waals surface area contributed by atoms with Crippen LogP contribution in [0.2, 0.25) is 0 Å². The van der Waals surface area contributed by atoms with Gasteiger partial charge in [-0.25, -0.2) is 4.57 Å². The molecule has 1 atom stereocenters.